The van der Waals surface area contributed by atoms with Gasteiger partial charge in [0.1, 0.15) is 12.4 Å². The van der Waals surface area contributed by atoms with Gasteiger partial charge in [0.15, 0.2) is 6.10 Å². The summed E-state index contributed by atoms with van der Waals surface area (Å²) in [5.41, 5.74) is 1.51. The lowest BCUT2D eigenvalue weighted by atomic mass is 10.2. The topological polar surface area (TPSA) is 72.8 Å². The summed E-state index contributed by atoms with van der Waals surface area (Å²) in [6.45, 7) is 1.75. The summed E-state index contributed by atoms with van der Waals surface area (Å²) in [5, 5.41) is 9.12. The molecule has 0 bridgehead atoms. The lowest BCUT2D eigenvalue weighted by molar-refractivity contribution is -0.148. The largest absolute Gasteiger partial charge is 0.508 e. The molecule has 104 valence electrons. The average molecular weight is 274 g/mol. The van der Waals surface area contributed by atoms with Gasteiger partial charge in [0.05, 0.1) is 0 Å². The Morgan fingerprint density at radius 1 is 1.40 bits per heavy atom. The Morgan fingerprint density at radius 2 is 2.10 bits per heavy atom. The van der Waals surface area contributed by atoms with Crippen LogP contribution < -0.4 is 0 Å². The molecule has 0 saturated heterocycles. The van der Waals surface area contributed by atoms with Gasteiger partial charge in [-0.05, 0) is 36.3 Å². The minimum Gasteiger partial charge on any atom is -0.508 e. The number of aromatic hydroxyl groups is 1. The molecule has 1 aliphatic heterocycles. The number of carbonyl (C=O) groups excluding carboxylic acids is 2. The maximum Gasteiger partial charge on any atom is 0.331 e. The van der Waals surface area contributed by atoms with Crippen LogP contribution in [0.25, 0.3) is 6.08 Å². The molecule has 2 rings (SSSR count). The summed E-state index contributed by atoms with van der Waals surface area (Å²) in [6, 6.07) is 6.39. The van der Waals surface area contributed by atoms with Gasteiger partial charge in [-0.1, -0.05) is 12.1 Å². The van der Waals surface area contributed by atoms with Gasteiger partial charge in [-0.15, -0.1) is 0 Å². The van der Waals surface area contributed by atoms with E-state index in [0.29, 0.717) is 0 Å². The maximum atomic E-state index is 11.5. The van der Waals surface area contributed by atoms with Crippen molar-refractivity contribution in [3.63, 3.8) is 0 Å². The molecule has 5 heteroatoms. The lowest BCUT2D eigenvalue weighted by Crippen LogP contribution is -2.20. The molecule has 0 aliphatic carbocycles. The van der Waals surface area contributed by atoms with Crippen LogP contribution in [0.4, 0.5) is 0 Å². The molecule has 1 aromatic rings. The number of cyclic esters (lactones) is 1. The summed E-state index contributed by atoms with van der Waals surface area (Å²) in [4.78, 5) is 22.5. The van der Waals surface area contributed by atoms with Gasteiger partial charge in [-0.3, -0.25) is 0 Å². The van der Waals surface area contributed by atoms with Crippen LogP contribution in [0.3, 0.4) is 0 Å². The standard InChI is InChI=1S/C15H14O5/c1-10-8-15(18)20-13(10)9-19-14(17)7-4-11-2-5-12(16)6-3-11/h2-8,13,16H,9H2,1H3/b7-4-/t13-/m0/s1. The second-order valence-corrected chi connectivity index (χ2v) is 4.37. The van der Waals surface area contributed by atoms with Crippen LogP contribution in [-0.2, 0) is 19.1 Å². The van der Waals surface area contributed by atoms with Crippen molar-refractivity contribution in [2.75, 3.05) is 6.61 Å². The molecular weight excluding hydrogens is 260 g/mol. The molecular formula is C15H14O5. The smallest absolute Gasteiger partial charge is 0.331 e. The Bertz CT molecular complexity index is 568. The number of hydrogen-bond donors (Lipinski definition) is 1. The first-order valence-corrected chi connectivity index (χ1v) is 6.07. The molecule has 1 N–H and O–H groups in total. The number of carbonyl (C=O) groups is 2. The molecule has 1 aliphatic rings. The summed E-state index contributed by atoms with van der Waals surface area (Å²) in [7, 11) is 0. The molecule has 0 radical (unpaired) electrons. The van der Waals surface area contributed by atoms with Crippen LogP contribution in [0.5, 0.6) is 5.75 Å². The molecule has 0 unspecified atom stereocenters. The van der Waals surface area contributed by atoms with E-state index in [4.69, 9.17) is 14.6 Å². The van der Waals surface area contributed by atoms with E-state index in [1.54, 1.807) is 25.1 Å². The molecule has 0 aromatic heterocycles. The Labute approximate surface area is 116 Å². The van der Waals surface area contributed by atoms with Gasteiger partial charge in [-0.25, -0.2) is 9.59 Å². The first-order valence-electron chi connectivity index (χ1n) is 6.07. The molecule has 0 fully saturated rings. The van der Waals surface area contributed by atoms with Gasteiger partial charge >= 0.3 is 11.9 Å². The predicted octanol–water partition coefficient (Wildman–Crippen LogP) is 1.82. The predicted molar refractivity (Wildman–Crippen MR) is 71.7 cm³/mol. The zero-order valence-electron chi connectivity index (χ0n) is 10.9. The summed E-state index contributed by atoms with van der Waals surface area (Å²) in [5.74, 6) is -0.771. The Balaban J connectivity index is 1.82. The fourth-order valence-electron chi connectivity index (χ4n) is 1.67. The molecule has 0 spiro atoms. The van der Waals surface area contributed by atoms with E-state index in [1.807, 2.05) is 0 Å². The van der Waals surface area contributed by atoms with Gasteiger partial charge in [0, 0.05) is 12.2 Å². The first kappa shape index (κ1) is 13.9. The molecule has 1 heterocycles. The summed E-state index contributed by atoms with van der Waals surface area (Å²) in [6.07, 6.45) is 3.74. The SMILES string of the molecule is CC1=CC(=O)O[C@H]1COC(=O)/C=C\c1ccc(O)cc1. The minimum absolute atomic E-state index is 0.00677. The van der Waals surface area contributed by atoms with Crippen LogP contribution in [0.1, 0.15) is 12.5 Å². The second kappa shape index (κ2) is 6.06. The highest BCUT2D eigenvalue weighted by Crippen LogP contribution is 2.15. The highest BCUT2D eigenvalue weighted by atomic mass is 16.6. The average Bonchev–Trinajstić information content (AvgIpc) is 2.74. The zero-order chi connectivity index (χ0) is 14.5. The van der Waals surface area contributed by atoms with E-state index in [-0.39, 0.29) is 12.4 Å². The number of hydrogen-bond acceptors (Lipinski definition) is 5. The van der Waals surface area contributed by atoms with Gasteiger partial charge < -0.3 is 14.6 Å². The Morgan fingerprint density at radius 3 is 2.70 bits per heavy atom. The van der Waals surface area contributed by atoms with Crippen molar-refractivity contribution in [1.82, 2.24) is 0 Å². The molecule has 20 heavy (non-hydrogen) atoms. The van der Waals surface area contributed by atoms with E-state index in [2.05, 4.69) is 0 Å². The van der Waals surface area contributed by atoms with Crippen molar-refractivity contribution < 1.29 is 24.2 Å². The normalized spacial score (nSPS) is 17.9. The fraction of sp³-hybridized carbons (Fsp3) is 0.200. The van der Waals surface area contributed by atoms with Gasteiger partial charge in [0.25, 0.3) is 0 Å². The molecule has 1 aromatic carbocycles. The monoisotopic (exact) mass is 274 g/mol. The van der Waals surface area contributed by atoms with E-state index in [9.17, 15) is 9.59 Å². The van der Waals surface area contributed by atoms with Crippen LogP contribution >= 0.6 is 0 Å². The number of esters is 2. The summed E-state index contributed by atoms with van der Waals surface area (Å²) < 4.78 is 9.94. The Hall–Kier alpha value is -2.56. The number of phenolic OH excluding ortho intramolecular Hbond substituents is 1. The third kappa shape index (κ3) is 3.71. The van der Waals surface area contributed by atoms with Crippen molar-refractivity contribution in [2.45, 2.75) is 13.0 Å². The lowest BCUT2D eigenvalue weighted by Gasteiger charge is -2.10. The highest BCUT2D eigenvalue weighted by molar-refractivity contribution is 5.87. The summed E-state index contributed by atoms with van der Waals surface area (Å²) >= 11 is 0. The fourth-order valence-corrected chi connectivity index (χ4v) is 1.67. The third-order valence-corrected chi connectivity index (χ3v) is 2.79. The van der Waals surface area contributed by atoms with Crippen LogP contribution in [0.15, 0.2) is 42.0 Å². The number of benzene rings is 1. The van der Waals surface area contributed by atoms with Gasteiger partial charge in [-0.2, -0.15) is 0 Å². The van der Waals surface area contributed by atoms with Crippen LogP contribution in [-0.4, -0.2) is 29.8 Å². The molecule has 1 atom stereocenters. The number of ether oxygens (including phenoxy) is 2. The van der Waals surface area contributed by atoms with E-state index in [0.717, 1.165) is 11.1 Å². The Kier molecular flexibility index (Phi) is 4.20. The zero-order valence-corrected chi connectivity index (χ0v) is 10.9. The third-order valence-electron chi connectivity index (χ3n) is 2.79. The molecule has 5 nitrogen and oxygen atoms in total. The van der Waals surface area contributed by atoms with E-state index < -0.39 is 18.0 Å². The maximum absolute atomic E-state index is 11.5. The van der Waals surface area contributed by atoms with Crippen LogP contribution in [0, 0.1) is 0 Å². The van der Waals surface area contributed by atoms with Gasteiger partial charge in [0.2, 0.25) is 0 Å². The van der Waals surface area contributed by atoms with Crippen molar-refractivity contribution >= 4 is 18.0 Å². The van der Waals surface area contributed by atoms with Crippen LogP contribution in [0.2, 0.25) is 0 Å². The molecule has 0 saturated carbocycles. The molecule has 0 amide bonds. The van der Waals surface area contributed by atoms with Crippen molar-refractivity contribution in [1.29, 1.82) is 0 Å². The minimum atomic E-state index is -0.520. The van der Waals surface area contributed by atoms with Crippen molar-refractivity contribution in [2.24, 2.45) is 0 Å². The second-order valence-electron chi connectivity index (χ2n) is 4.37. The number of phenols is 1. The first-order chi connectivity index (χ1) is 9.54. The van der Waals surface area contributed by atoms with Crippen molar-refractivity contribution in [3.8, 4) is 5.75 Å². The quantitative estimate of drug-likeness (QED) is 0.669. The van der Waals surface area contributed by atoms with E-state index in [1.165, 1.54) is 24.3 Å². The highest BCUT2D eigenvalue weighted by Gasteiger charge is 2.23. The van der Waals surface area contributed by atoms with Crippen molar-refractivity contribution in [3.05, 3.63) is 47.6 Å². The number of rotatable bonds is 4. The van der Waals surface area contributed by atoms with E-state index >= 15 is 0 Å².